The first kappa shape index (κ1) is 20.5. The summed E-state index contributed by atoms with van der Waals surface area (Å²) >= 11 is 0. The topological polar surface area (TPSA) is 97.1 Å². The fourth-order valence-electron chi connectivity index (χ4n) is 2.96. The third-order valence-corrected chi connectivity index (χ3v) is 4.56. The monoisotopic (exact) mass is 394 g/mol. The quantitative estimate of drug-likeness (QED) is 0.650. The van der Waals surface area contributed by atoms with E-state index >= 15 is 0 Å². The lowest BCUT2D eigenvalue weighted by Crippen LogP contribution is -2.28. The molecular formula is C22H26N4O3. The number of fused-ring (bicyclic) bond motifs is 1. The zero-order chi connectivity index (χ0) is 21.1. The molecule has 1 aromatic carbocycles. The molecule has 0 atom stereocenters. The molecule has 7 heteroatoms. The van der Waals surface area contributed by atoms with Crippen molar-refractivity contribution in [1.29, 1.82) is 0 Å². The summed E-state index contributed by atoms with van der Waals surface area (Å²) < 4.78 is 5.29. The van der Waals surface area contributed by atoms with Gasteiger partial charge in [-0.2, -0.15) is 0 Å². The van der Waals surface area contributed by atoms with Crippen LogP contribution in [0.2, 0.25) is 0 Å². The fraction of sp³-hybridized carbons (Fsp3) is 0.364. The van der Waals surface area contributed by atoms with Gasteiger partial charge in [-0.1, -0.05) is 45.0 Å². The highest BCUT2D eigenvalue weighted by molar-refractivity contribution is 6.14. The SMILES string of the molecule is Cc1noc2nc(C(C)C)cc(C(=O)Nc3ccccc3C(=O)NCC(C)C)c12. The number of benzene rings is 1. The van der Waals surface area contributed by atoms with E-state index in [0.717, 1.165) is 5.69 Å². The molecule has 0 saturated carbocycles. The number of para-hydroxylation sites is 1. The third kappa shape index (κ3) is 4.45. The Morgan fingerprint density at radius 1 is 1.07 bits per heavy atom. The Morgan fingerprint density at radius 3 is 2.48 bits per heavy atom. The number of hydrogen-bond acceptors (Lipinski definition) is 5. The minimum absolute atomic E-state index is 0.116. The Kier molecular flexibility index (Phi) is 5.96. The van der Waals surface area contributed by atoms with Crippen LogP contribution in [-0.4, -0.2) is 28.5 Å². The van der Waals surface area contributed by atoms with E-state index < -0.39 is 0 Å². The number of carbonyl (C=O) groups is 2. The molecule has 0 bridgehead atoms. The molecule has 0 aliphatic rings. The molecule has 3 aromatic rings. The number of anilines is 1. The summed E-state index contributed by atoms with van der Waals surface area (Å²) in [6.07, 6.45) is 0. The van der Waals surface area contributed by atoms with Gasteiger partial charge in [-0.05, 0) is 37.0 Å². The molecule has 2 heterocycles. The van der Waals surface area contributed by atoms with Crippen LogP contribution in [0.15, 0.2) is 34.9 Å². The minimum Gasteiger partial charge on any atom is -0.352 e. The second-order valence-corrected chi connectivity index (χ2v) is 7.80. The highest BCUT2D eigenvalue weighted by Crippen LogP contribution is 2.26. The standard InChI is InChI=1S/C22H26N4O3/c1-12(2)11-23-20(27)15-8-6-7-9-17(15)24-21(28)16-10-18(13(3)4)25-22-19(16)14(5)26-29-22/h6-10,12-13H,11H2,1-5H3,(H,23,27)(H,24,28). The van der Waals surface area contributed by atoms with E-state index in [1.165, 1.54) is 0 Å². The number of aryl methyl sites for hydroxylation is 1. The van der Waals surface area contributed by atoms with Gasteiger partial charge in [0, 0.05) is 12.2 Å². The summed E-state index contributed by atoms with van der Waals surface area (Å²) in [6.45, 7) is 10.4. The highest BCUT2D eigenvalue weighted by atomic mass is 16.5. The summed E-state index contributed by atoms with van der Waals surface area (Å²) in [5.41, 5.74) is 2.95. The number of nitrogens with zero attached hydrogens (tertiary/aromatic N) is 2. The summed E-state index contributed by atoms with van der Waals surface area (Å²) in [5, 5.41) is 10.3. The number of pyridine rings is 1. The lowest BCUT2D eigenvalue weighted by Gasteiger charge is -2.13. The average Bonchev–Trinajstić information content (AvgIpc) is 3.06. The van der Waals surface area contributed by atoms with E-state index in [9.17, 15) is 9.59 Å². The van der Waals surface area contributed by atoms with Crippen LogP contribution in [0.4, 0.5) is 5.69 Å². The second kappa shape index (κ2) is 8.43. The Labute approximate surface area is 169 Å². The van der Waals surface area contributed by atoms with Crippen molar-refractivity contribution < 1.29 is 14.1 Å². The second-order valence-electron chi connectivity index (χ2n) is 7.80. The molecule has 7 nitrogen and oxygen atoms in total. The van der Waals surface area contributed by atoms with Crippen LogP contribution in [0, 0.1) is 12.8 Å². The van der Waals surface area contributed by atoms with Gasteiger partial charge < -0.3 is 15.2 Å². The molecule has 0 aliphatic heterocycles. The largest absolute Gasteiger partial charge is 0.352 e. The summed E-state index contributed by atoms with van der Waals surface area (Å²) in [5.74, 6) is -0.115. The number of aromatic nitrogens is 2. The van der Waals surface area contributed by atoms with Crippen LogP contribution in [0.3, 0.4) is 0 Å². The maximum absolute atomic E-state index is 13.2. The van der Waals surface area contributed by atoms with E-state index in [2.05, 4.69) is 20.8 Å². The van der Waals surface area contributed by atoms with E-state index in [-0.39, 0.29) is 17.7 Å². The fourth-order valence-corrected chi connectivity index (χ4v) is 2.96. The number of carbonyl (C=O) groups excluding carboxylic acids is 2. The predicted octanol–water partition coefficient (Wildman–Crippen LogP) is 4.29. The molecule has 0 fully saturated rings. The maximum Gasteiger partial charge on any atom is 0.259 e. The lowest BCUT2D eigenvalue weighted by molar-refractivity contribution is 0.0950. The lowest BCUT2D eigenvalue weighted by atomic mass is 10.0. The average molecular weight is 394 g/mol. The normalized spacial score (nSPS) is 11.3. The molecular weight excluding hydrogens is 368 g/mol. The first-order valence-corrected chi connectivity index (χ1v) is 9.73. The van der Waals surface area contributed by atoms with E-state index in [4.69, 9.17) is 4.52 Å². The summed E-state index contributed by atoms with van der Waals surface area (Å²) in [4.78, 5) is 30.2. The first-order valence-electron chi connectivity index (χ1n) is 9.73. The Balaban J connectivity index is 1.96. The van der Waals surface area contributed by atoms with Gasteiger partial charge >= 0.3 is 0 Å². The number of amides is 2. The van der Waals surface area contributed by atoms with Crippen molar-refractivity contribution in [2.24, 2.45) is 5.92 Å². The summed E-state index contributed by atoms with van der Waals surface area (Å²) in [6, 6.07) is 8.71. The van der Waals surface area contributed by atoms with Crippen molar-refractivity contribution in [2.45, 2.75) is 40.5 Å². The van der Waals surface area contributed by atoms with E-state index in [0.29, 0.717) is 46.1 Å². The van der Waals surface area contributed by atoms with Gasteiger partial charge in [-0.25, -0.2) is 4.98 Å². The van der Waals surface area contributed by atoms with E-state index in [1.807, 2.05) is 27.7 Å². The van der Waals surface area contributed by atoms with Crippen molar-refractivity contribution in [3.05, 3.63) is 52.8 Å². The number of rotatable bonds is 6. The van der Waals surface area contributed by atoms with Gasteiger partial charge in [-0.3, -0.25) is 9.59 Å². The third-order valence-electron chi connectivity index (χ3n) is 4.56. The molecule has 0 spiro atoms. The van der Waals surface area contributed by atoms with Crippen molar-refractivity contribution >= 4 is 28.6 Å². The van der Waals surface area contributed by atoms with E-state index in [1.54, 1.807) is 37.3 Å². The van der Waals surface area contributed by atoms with Crippen molar-refractivity contribution in [3.8, 4) is 0 Å². The van der Waals surface area contributed by atoms with Crippen LogP contribution in [0.25, 0.3) is 11.1 Å². The van der Waals surface area contributed by atoms with Crippen LogP contribution < -0.4 is 10.6 Å². The van der Waals surface area contributed by atoms with Crippen molar-refractivity contribution in [3.63, 3.8) is 0 Å². The highest BCUT2D eigenvalue weighted by Gasteiger charge is 2.21. The Hall–Kier alpha value is -3.22. The molecule has 3 rings (SSSR count). The van der Waals surface area contributed by atoms with Gasteiger partial charge in [-0.15, -0.1) is 0 Å². The molecule has 0 aliphatic carbocycles. The van der Waals surface area contributed by atoms with Crippen LogP contribution in [0.5, 0.6) is 0 Å². The number of nitrogens with one attached hydrogen (secondary N) is 2. The predicted molar refractivity (Wildman–Crippen MR) is 112 cm³/mol. The Morgan fingerprint density at radius 2 is 1.79 bits per heavy atom. The zero-order valence-corrected chi connectivity index (χ0v) is 17.4. The number of hydrogen-bond donors (Lipinski definition) is 2. The molecule has 152 valence electrons. The maximum atomic E-state index is 13.2. The molecule has 0 unspecified atom stereocenters. The molecule has 0 radical (unpaired) electrons. The zero-order valence-electron chi connectivity index (χ0n) is 17.4. The molecule has 0 saturated heterocycles. The minimum atomic E-state index is -0.338. The van der Waals surface area contributed by atoms with Crippen LogP contribution in [-0.2, 0) is 0 Å². The van der Waals surface area contributed by atoms with Gasteiger partial charge in [0.25, 0.3) is 17.5 Å². The molecule has 2 N–H and O–H groups in total. The van der Waals surface area contributed by atoms with Gasteiger partial charge in [0.05, 0.1) is 27.9 Å². The van der Waals surface area contributed by atoms with Crippen LogP contribution in [0.1, 0.15) is 65.7 Å². The molecule has 2 amide bonds. The summed E-state index contributed by atoms with van der Waals surface area (Å²) in [7, 11) is 0. The van der Waals surface area contributed by atoms with Gasteiger partial charge in [0.15, 0.2) is 0 Å². The van der Waals surface area contributed by atoms with Crippen molar-refractivity contribution in [1.82, 2.24) is 15.5 Å². The van der Waals surface area contributed by atoms with Gasteiger partial charge in [0.2, 0.25) is 0 Å². The smallest absolute Gasteiger partial charge is 0.259 e. The molecule has 29 heavy (non-hydrogen) atoms. The van der Waals surface area contributed by atoms with Crippen molar-refractivity contribution in [2.75, 3.05) is 11.9 Å². The first-order chi connectivity index (χ1) is 13.8. The Bertz CT molecular complexity index is 1050. The van der Waals surface area contributed by atoms with Crippen LogP contribution >= 0.6 is 0 Å². The van der Waals surface area contributed by atoms with Gasteiger partial charge in [0.1, 0.15) is 0 Å². The molecule has 2 aromatic heterocycles.